The van der Waals surface area contributed by atoms with Gasteiger partial charge in [0, 0.05) is 18.7 Å². The van der Waals surface area contributed by atoms with E-state index in [-0.39, 0.29) is 24.4 Å². The van der Waals surface area contributed by atoms with Crippen molar-refractivity contribution in [3.05, 3.63) is 35.4 Å². The lowest BCUT2D eigenvalue weighted by molar-refractivity contribution is -0.142. The number of sulfonamides is 1. The Hall–Kier alpha value is -1.54. The number of halogens is 2. The second-order valence-corrected chi connectivity index (χ2v) is 7.28. The maximum absolute atomic E-state index is 12.5. The molecule has 0 amide bonds. The highest BCUT2D eigenvalue weighted by Crippen LogP contribution is 2.23. The standard InChI is InChI=1S/C14H17F2NO4S/c15-13(16)11-3-1-10(2-4-11)9-22(20,21)17-7-5-12(6-8-17)14(18)19/h1-4,12-13H,5-9H2,(H,18,19). The Morgan fingerprint density at radius 3 is 2.23 bits per heavy atom. The summed E-state index contributed by atoms with van der Waals surface area (Å²) >= 11 is 0. The summed E-state index contributed by atoms with van der Waals surface area (Å²) in [5, 5.41) is 8.90. The van der Waals surface area contributed by atoms with Gasteiger partial charge in [0.2, 0.25) is 10.0 Å². The molecule has 0 bridgehead atoms. The topological polar surface area (TPSA) is 74.7 Å². The molecule has 1 fully saturated rings. The van der Waals surface area contributed by atoms with Crippen LogP contribution in [0, 0.1) is 5.92 Å². The summed E-state index contributed by atoms with van der Waals surface area (Å²) in [5.74, 6) is -1.68. The van der Waals surface area contributed by atoms with E-state index in [2.05, 4.69) is 0 Å². The molecule has 0 aromatic heterocycles. The first-order valence-electron chi connectivity index (χ1n) is 6.87. The van der Waals surface area contributed by atoms with E-state index in [4.69, 9.17) is 5.11 Å². The number of carboxylic acid groups (broad SMARTS) is 1. The lowest BCUT2D eigenvalue weighted by Crippen LogP contribution is -2.40. The van der Waals surface area contributed by atoms with Crippen molar-refractivity contribution in [1.82, 2.24) is 4.31 Å². The van der Waals surface area contributed by atoms with Gasteiger partial charge in [-0.15, -0.1) is 0 Å². The van der Waals surface area contributed by atoms with Gasteiger partial charge in [-0.3, -0.25) is 4.79 Å². The van der Waals surface area contributed by atoms with E-state index in [1.54, 1.807) is 0 Å². The van der Waals surface area contributed by atoms with E-state index in [0.717, 1.165) is 0 Å². The molecule has 1 aromatic rings. The zero-order valence-corrected chi connectivity index (χ0v) is 12.6. The van der Waals surface area contributed by atoms with Crippen LogP contribution >= 0.6 is 0 Å². The third-order valence-electron chi connectivity index (χ3n) is 3.78. The molecule has 1 heterocycles. The number of nitrogens with zero attached hydrogens (tertiary/aromatic N) is 1. The lowest BCUT2D eigenvalue weighted by atomic mass is 9.99. The van der Waals surface area contributed by atoms with E-state index in [1.165, 1.54) is 28.6 Å². The fourth-order valence-electron chi connectivity index (χ4n) is 2.44. The molecule has 0 radical (unpaired) electrons. The highest BCUT2D eigenvalue weighted by Gasteiger charge is 2.30. The van der Waals surface area contributed by atoms with Gasteiger partial charge in [0.15, 0.2) is 0 Å². The normalized spacial score (nSPS) is 17.8. The first kappa shape index (κ1) is 16.8. The summed E-state index contributed by atoms with van der Waals surface area (Å²) in [5.41, 5.74) is 0.285. The first-order chi connectivity index (χ1) is 10.3. The summed E-state index contributed by atoms with van der Waals surface area (Å²) in [6, 6.07) is 5.18. The predicted molar refractivity (Wildman–Crippen MR) is 76.0 cm³/mol. The van der Waals surface area contributed by atoms with Gasteiger partial charge in [0.1, 0.15) is 0 Å². The van der Waals surface area contributed by atoms with Crippen LogP contribution in [0.5, 0.6) is 0 Å². The molecule has 1 saturated heterocycles. The van der Waals surface area contributed by atoms with E-state index < -0.39 is 28.3 Å². The number of hydrogen-bond acceptors (Lipinski definition) is 3. The van der Waals surface area contributed by atoms with Crippen LogP contribution in [0.1, 0.15) is 30.4 Å². The van der Waals surface area contributed by atoms with Crippen LogP contribution in [0.2, 0.25) is 0 Å². The number of rotatable bonds is 5. The molecule has 5 nitrogen and oxygen atoms in total. The largest absolute Gasteiger partial charge is 0.481 e. The van der Waals surface area contributed by atoms with Crippen molar-refractivity contribution >= 4 is 16.0 Å². The van der Waals surface area contributed by atoms with Gasteiger partial charge in [0.25, 0.3) is 6.43 Å². The average molecular weight is 333 g/mol. The van der Waals surface area contributed by atoms with E-state index in [1.807, 2.05) is 0 Å². The molecule has 0 spiro atoms. The number of carboxylic acids is 1. The van der Waals surface area contributed by atoms with Crippen molar-refractivity contribution in [2.45, 2.75) is 25.0 Å². The number of benzene rings is 1. The Morgan fingerprint density at radius 2 is 1.77 bits per heavy atom. The summed E-state index contributed by atoms with van der Waals surface area (Å²) in [6.07, 6.45) is -2.00. The monoisotopic (exact) mass is 333 g/mol. The fourth-order valence-corrected chi connectivity index (χ4v) is 4.01. The summed E-state index contributed by atoms with van der Waals surface area (Å²) < 4.78 is 50.7. The van der Waals surface area contributed by atoms with Crippen LogP contribution in [0.15, 0.2) is 24.3 Å². The van der Waals surface area contributed by atoms with Crippen molar-refractivity contribution in [3.63, 3.8) is 0 Å². The number of aliphatic carboxylic acids is 1. The highest BCUT2D eigenvalue weighted by molar-refractivity contribution is 7.88. The number of hydrogen-bond donors (Lipinski definition) is 1. The van der Waals surface area contributed by atoms with Crippen molar-refractivity contribution in [2.24, 2.45) is 5.92 Å². The van der Waals surface area contributed by atoms with Crippen molar-refractivity contribution < 1.29 is 27.1 Å². The quantitative estimate of drug-likeness (QED) is 0.897. The molecule has 1 aromatic carbocycles. The van der Waals surface area contributed by atoms with E-state index in [9.17, 15) is 22.0 Å². The molecular weight excluding hydrogens is 316 g/mol. The van der Waals surface area contributed by atoms with Crippen molar-refractivity contribution in [3.8, 4) is 0 Å². The highest BCUT2D eigenvalue weighted by atomic mass is 32.2. The SMILES string of the molecule is O=C(O)C1CCN(S(=O)(=O)Cc2ccc(C(F)F)cc2)CC1. The molecule has 122 valence electrons. The van der Waals surface area contributed by atoms with E-state index >= 15 is 0 Å². The molecule has 0 saturated carbocycles. The minimum absolute atomic E-state index is 0.150. The van der Waals surface area contributed by atoms with Crippen molar-refractivity contribution in [1.29, 1.82) is 0 Å². The maximum atomic E-state index is 12.5. The van der Waals surface area contributed by atoms with Gasteiger partial charge >= 0.3 is 5.97 Å². The molecule has 1 aliphatic heterocycles. The van der Waals surface area contributed by atoms with Gasteiger partial charge in [-0.2, -0.15) is 0 Å². The average Bonchev–Trinajstić information content (AvgIpc) is 2.47. The fraction of sp³-hybridized carbons (Fsp3) is 0.500. The molecule has 0 aliphatic carbocycles. The number of piperidine rings is 1. The Balaban J connectivity index is 2.01. The molecule has 0 unspecified atom stereocenters. The second kappa shape index (κ2) is 6.70. The number of alkyl halides is 2. The van der Waals surface area contributed by atoms with Gasteiger partial charge in [-0.1, -0.05) is 24.3 Å². The molecule has 1 N–H and O–H groups in total. The minimum Gasteiger partial charge on any atom is -0.481 e. The van der Waals surface area contributed by atoms with Gasteiger partial charge in [-0.25, -0.2) is 21.5 Å². The summed E-state index contributed by atoms with van der Waals surface area (Å²) in [7, 11) is -3.57. The molecule has 1 aliphatic rings. The number of carbonyl (C=O) groups is 1. The molecular formula is C14H17F2NO4S. The Morgan fingerprint density at radius 1 is 1.23 bits per heavy atom. The second-order valence-electron chi connectivity index (χ2n) is 5.31. The lowest BCUT2D eigenvalue weighted by Gasteiger charge is -2.29. The van der Waals surface area contributed by atoms with E-state index in [0.29, 0.717) is 18.4 Å². The molecule has 22 heavy (non-hydrogen) atoms. The van der Waals surface area contributed by atoms with Crippen LogP contribution < -0.4 is 0 Å². The smallest absolute Gasteiger partial charge is 0.306 e. The molecule has 8 heteroatoms. The predicted octanol–water partition coefficient (Wildman–Crippen LogP) is 2.25. The zero-order valence-electron chi connectivity index (χ0n) is 11.8. The third-order valence-corrected chi connectivity index (χ3v) is 5.63. The van der Waals surface area contributed by atoms with Gasteiger partial charge < -0.3 is 5.11 Å². The van der Waals surface area contributed by atoms with Crippen molar-refractivity contribution in [2.75, 3.05) is 13.1 Å². The zero-order chi connectivity index (χ0) is 16.3. The Bertz CT molecular complexity index is 623. The first-order valence-corrected chi connectivity index (χ1v) is 8.48. The van der Waals surface area contributed by atoms with Gasteiger partial charge in [-0.05, 0) is 18.4 Å². The Kier molecular flexibility index (Phi) is 5.12. The van der Waals surface area contributed by atoms with Crippen LogP contribution in [-0.2, 0) is 20.6 Å². The molecule has 0 atom stereocenters. The summed E-state index contributed by atoms with van der Waals surface area (Å²) in [6.45, 7) is 0.350. The van der Waals surface area contributed by atoms with Crippen LogP contribution in [0.3, 0.4) is 0 Å². The molecule has 2 rings (SSSR count). The summed E-state index contributed by atoms with van der Waals surface area (Å²) in [4.78, 5) is 10.9. The van der Waals surface area contributed by atoms with Crippen LogP contribution in [0.4, 0.5) is 8.78 Å². The maximum Gasteiger partial charge on any atom is 0.306 e. The minimum atomic E-state index is -3.57. The third kappa shape index (κ3) is 4.01. The van der Waals surface area contributed by atoms with Gasteiger partial charge in [0.05, 0.1) is 11.7 Å². The van der Waals surface area contributed by atoms with Crippen LogP contribution in [0.25, 0.3) is 0 Å². The van der Waals surface area contributed by atoms with Crippen LogP contribution in [-0.4, -0.2) is 36.9 Å². The Labute approximate surface area is 127 Å².